The minimum Gasteiger partial charge on any atom is -0.392 e. The monoisotopic (exact) mass is 252 g/mol. The summed E-state index contributed by atoms with van der Waals surface area (Å²) in [6, 6.07) is 17.5. The largest absolute Gasteiger partial charge is 0.392 e. The van der Waals surface area contributed by atoms with Crippen LogP contribution in [0.3, 0.4) is 0 Å². The lowest BCUT2D eigenvalue weighted by Gasteiger charge is -2.16. The van der Waals surface area contributed by atoms with E-state index in [1.807, 2.05) is 49.4 Å². The molecule has 0 aliphatic rings. The molecule has 0 aliphatic heterocycles. The Bertz CT molecular complexity index is 602. The lowest BCUT2D eigenvalue weighted by atomic mass is 10.1. The van der Waals surface area contributed by atoms with Gasteiger partial charge in [-0.25, -0.2) is 0 Å². The number of nitrogens with zero attached hydrogens (tertiary/aromatic N) is 1. The van der Waals surface area contributed by atoms with E-state index in [2.05, 4.69) is 11.4 Å². The molecular weight excluding hydrogens is 236 g/mol. The fraction of sp³-hybridized carbons (Fsp3) is 0.188. The van der Waals surface area contributed by atoms with Gasteiger partial charge in [0.1, 0.15) is 0 Å². The second-order valence-electron chi connectivity index (χ2n) is 4.46. The van der Waals surface area contributed by atoms with Crippen molar-refractivity contribution in [1.82, 2.24) is 0 Å². The van der Waals surface area contributed by atoms with Crippen molar-refractivity contribution >= 4 is 5.69 Å². The quantitative estimate of drug-likeness (QED) is 0.878. The number of hydrogen-bond donors (Lipinski definition) is 2. The minimum atomic E-state index is 0.0355. The number of hydrogen-bond acceptors (Lipinski definition) is 3. The standard InChI is InChI=1S/C16H16N2O/c1-12(15-6-2-4-13(8-15)10-17)18-16-7-3-5-14(9-16)11-19/h2-9,12,18-19H,11H2,1H3. The molecule has 3 nitrogen and oxygen atoms in total. The third-order valence-corrected chi connectivity index (χ3v) is 3.01. The van der Waals surface area contributed by atoms with Gasteiger partial charge >= 0.3 is 0 Å². The van der Waals surface area contributed by atoms with Crippen LogP contribution in [0.2, 0.25) is 0 Å². The Labute approximate surface area is 113 Å². The Hall–Kier alpha value is -2.31. The number of anilines is 1. The van der Waals surface area contributed by atoms with Crippen LogP contribution in [0.25, 0.3) is 0 Å². The van der Waals surface area contributed by atoms with E-state index >= 15 is 0 Å². The van der Waals surface area contributed by atoms with Crippen molar-refractivity contribution in [3.8, 4) is 6.07 Å². The summed E-state index contributed by atoms with van der Waals surface area (Å²) in [6.07, 6.45) is 0. The summed E-state index contributed by atoms with van der Waals surface area (Å²) in [5, 5.41) is 21.4. The molecule has 2 N–H and O–H groups in total. The van der Waals surface area contributed by atoms with Crippen LogP contribution >= 0.6 is 0 Å². The van der Waals surface area contributed by atoms with Crippen LogP contribution in [-0.4, -0.2) is 5.11 Å². The van der Waals surface area contributed by atoms with Crippen LogP contribution in [0.5, 0.6) is 0 Å². The van der Waals surface area contributed by atoms with Crippen molar-refractivity contribution in [2.24, 2.45) is 0 Å². The van der Waals surface area contributed by atoms with Crippen molar-refractivity contribution in [3.05, 3.63) is 65.2 Å². The second kappa shape index (κ2) is 6.03. The maximum Gasteiger partial charge on any atom is 0.0991 e. The molecule has 96 valence electrons. The van der Waals surface area contributed by atoms with E-state index in [0.717, 1.165) is 16.8 Å². The van der Waals surface area contributed by atoms with Gasteiger partial charge < -0.3 is 10.4 Å². The number of rotatable bonds is 4. The van der Waals surface area contributed by atoms with Crippen molar-refractivity contribution in [2.45, 2.75) is 19.6 Å². The highest BCUT2D eigenvalue weighted by atomic mass is 16.3. The summed E-state index contributed by atoms with van der Waals surface area (Å²) in [5.74, 6) is 0. The van der Waals surface area contributed by atoms with Crippen LogP contribution in [0, 0.1) is 11.3 Å². The van der Waals surface area contributed by atoms with Crippen LogP contribution in [0.15, 0.2) is 48.5 Å². The zero-order valence-corrected chi connectivity index (χ0v) is 10.8. The third-order valence-electron chi connectivity index (χ3n) is 3.01. The van der Waals surface area contributed by atoms with Crippen LogP contribution in [0.1, 0.15) is 29.7 Å². The summed E-state index contributed by atoms with van der Waals surface area (Å²) >= 11 is 0. The Morgan fingerprint density at radius 2 is 2.00 bits per heavy atom. The minimum absolute atomic E-state index is 0.0355. The van der Waals surface area contributed by atoms with E-state index in [4.69, 9.17) is 10.4 Å². The summed E-state index contributed by atoms with van der Waals surface area (Å²) < 4.78 is 0. The Balaban J connectivity index is 2.15. The molecule has 0 saturated heterocycles. The van der Waals surface area contributed by atoms with Gasteiger partial charge in [0.25, 0.3) is 0 Å². The first-order chi connectivity index (χ1) is 9.22. The summed E-state index contributed by atoms with van der Waals surface area (Å²) in [4.78, 5) is 0. The average molecular weight is 252 g/mol. The average Bonchev–Trinajstić information content (AvgIpc) is 2.47. The van der Waals surface area contributed by atoms with Gasteiger partial charge in [0, 0.05) is 11.7 Å². The third kappa shape index (κ3) is 3.34. The molecule has 19 heavy (non-hydrogen) atoms. The van der Waals surface area contributed by atoms with Crippen LogP contribution in [0.4, 0.5) is 5.69 Å². The molecule has 0 radical (unpaired) electrons. The molecule has 0 heterocycles. The van der Waals surface area contributed by atoms with E-state index in [-0.39, 0.29) is 12.6 Å². The molecule has 0 amide bonds. The van der Waals surface area contributed by atoms with Gasteiger partial charge in [0.15, 0.2) is 0 Å². The van der Waals surface area contributed by atoms with Crippen molar-refractivity contribution in [2.75, 3.05) is 5.32 Å². The molecule has 3 heteroatoms. The van der Waals surface area contributed by atoms with Gasteiger partial charge in [-0.3, -0.25) is 0 Å². The predicted molar refractivity (Wildman–Crippen MR) is 75.6 cm³/mol. The predicted octanol–water partition coefficient (Wildman–Crippen LogP) is 3.22. The smallest absolute Gasteiger partial charge is 0.0991 e. The SMILES string of the molecule is CC(Nc1cccc(CO)c1)c1cccc(C#N)c1. The molecule has 0 aromatic heterocycles. The Morgan fingerprint density at radius 3 is 2.74 bits per heavy atom. The van der Waals surface area contributed by atoms with Crippen LogP contribution < -0.4 is 5.32 Å². The van der Waals surface area contributed by atoms with Crippen molar-refractivity contribution < 1.29 is 5.11 Å². The Morgan fingerprint density at radius 1 is 1.21 bits per heavy atom. The van der Waals surface area contributed by atoms with Gasteiger partial charge in [-0.15, -0.1) is 0 Å². The molecule has 1 unspecified atom stereocenters. The van der Waals surface area contributed by atoms with Crippen LogP contribution in [-0.2, 0) is 6.61 Å². The molecule has 0 bridgehead atoms. The highest BCUT2D eigenvalue weighted by Gasteiger charge is 2.06. The number of aliphatic hydroxyl groups excluding tert-OH is 1. The van der Waals surface area contributed by atoms with E-state index in [9.17, 15) is 0 Å². The first-order valence-electron chi connectivity index (χ1n) is 6.19. The van der Waals surface area contributed by atoms with Crippen molar-refractivity contribution in [1.29, 1.82) is 5.26 Å². The fourth-order valence-electron chi connectivity index (χ4n) is 1.97. The van der Waals surface area contributed by atoms with Crippen molar-refractivity contribution in [3.63, 3.8) is 0 Å². The number of nitrogens with one attached hydrogen (secondary N) is 1. The Kier molecular flexibility index (Phi) is 4.17. The molecule has 1 atom stereocenters. The first-order valence-corrected chi connectivity index (χ1v) is 6.19. The zero-order chi connectivity index (χ0) is 13.7. The highest BCUT2D eigenvalue weighted by Crippen LogP contribution is 2.20. The van der Waals surface area contributed by atoms with Gasteiger partial charge in [0.2, 0.25) is 0 Å². The maximum absolute atomic E-state index is 9.12. The lowest BCUT2D eigenvalue weighted by molar-refractivity contribution is 0.282. The topological polar surface area (TPSA) is 56.0 Å². The number of nitriles is 1. The summed E-state index contributed by atoms with van der Waals surface area (Å²) in [6.45, 7) is 2.08. The van der Waals surface area contributed by atoms with E-state index in [1.54, 1.807) is 6.07 Å². The first kappa shape index (κ1) is 13.1. The molecule has 0 saturated carbocycles. The fourth-order valence-corrected chi connectivity index (χ4v) is 1.97. The number of aliphatic hydroxyl groups is 1. The second-order valence-corrected chi connectivity index (χ2v) is 4.46. The van der Waals surface area contributed by atoms with Gasteiger partial charge in [-0.05, 0) is 42.3 Å². The molecule has 0 fully saturated rings. The summed E-state index contributed by atoms with van der Waals surface area (Å²) in [7, 11) is 0. The van der Waals surface area contributed by atoms with E-state index in [1.165, 1.54) is 0 Å². The maximum atomic E-state index is 9.12. The summed E-state index contributed by atoms with van der Waals surface area (Å²) in [5.41, 5.74) is 3.56. The highest BCUT2D eigenvalue weighted by molar-refractivity contribution is 5.48. The lowest BCUT2D eigenvalue weighted by Crippen LogP contribution is -2.07. The molecule has 2 aromatic carbocycles. The molecular formula is C16H16N2O. The van der Waals surface area contributed by atoms with Gasteiger partial charge in [0.05, 0.1) is 18.2 Å². The molecule has 0 spiro atoms. The molecule has 2 aromatic rings. The molecule has 2 rings (SSSR count). The molecule has 0 aliphatic carbocycles. The zero-order valence-electron chi connectivity index (χ0n) is 10.8. The van der Waals surface area contributed by atoms with E-state index < -0.39 is 0 Å². The van der Waals surface area contributed by atoms with Gasteiger partial charge in [-0.1, -0.05) is 24.3 Å². The normalized spacial score (nSPS) is 11.6. The van der Waals surface area contributed by atoms with Gasteiger partial charge in [-0.2, -0.15) is 5.26 Å². The van der Waals surface area contributed by atoms with E-state index in [0.29, 0.717) is 5.56 Å². The number of benzene rings is 2.